The number of amides is 1. The highest BCUT2D eigenvalue weighted by Crippen LogP contribution is 2.55. The molecule has 0 saturated heterocycles. The Morgan fingerprint density at radius 2 is 1.69 bits per heavy atom. The van der Waals surface area contributed by atoms with Gasteiger partial charge in [0.1, 0.15) is 35.2 Å². The number of carbonyl (C=O) groups excluding carboxylic acids is 1. The van der Waals surface area contributed by atoms with Crippen molar-refractivity contribution in [3.63, 3.8) is 0 Å². The van der Waals surface area contributed by atoms with Crippen molar-refractivity contribution in [2.45, 2.75) is 70.3 Å². The number of hydrogen-bond donors (Lipinski definition) is 3. The van der Waals surface area contributed by atoms with Crippen LogP contribution in [0, 0.1) is 29.4 Å². The third-order valence-electron chi connectivity index (χ3n) is 9.60. The lowest BCUT2D eigenvalue weighted by Crippen LogP contribution is -2.35. The average Bonchev–Trinajstić information content (AvgIpc) is 3.68. The van der Waals surface area contributed by atoms with Gasteiger partial charge in [0, 0.05) is 35.7 Å². The van der Waals surface area contributed by atoms with Crippen LogP contribution < -0.4 is 10.0 Å². The van der Waals surface area contributed by atoms with Gasteiger partial charge in [-0.2, -0.15) is 32.1 Å². The minimum atomic E-state index is -5.12. The molecule has 3 atom stereocenters. The largest absolute Gasteiger partial charge is 0.435 e. The normalized spacial score (nSPS) is 17.2. The Morgan fingerprint density at radius 1 is 1.05 bits per heavy atom. The Kier molecular flexibility index (Phi) is 10.9. The van der Waals surface area contributed by atoms with Gasteiger partial charge in [-0.25, -0.2) is 22.2 Å². The zero-order chi connectivity index (χ0) is 42.9. The maximum Gasteiger partial charge on any atom is 0.435 e. The number of sulfonamides is 1. The summed E-state index contributed by atoms with van der Waals surface area (Å²) in [7, 11) is -2.36. The molecule has 0 bridgehead atoms. The number of anilines is 1. The van der Waals surface area contributed by atoms with Crippen LogP contribution in [0.15, 0.2) is 42.5 Å². The van der Waals surface area contributed by atoms with Gasteiger partial charge in [0.05, 0.1) is 33.9 Å². The van der Waals surface area contributed by atoms with Crippen molar-refractivity contribution in [1.82, 2.24) is 29.9 Å². The van der Waals surface area contributed by atoms with Crippen molar-refractivity contribution in [1.29, 1.82) is 0 Å². The number of alkyl halides is 5. The molecule has 1 aliphatic carbocycles. The summed E-state index contributed by atoms with van der Waals surface area (Å²) in [5.74, 6) is -4.47. The fourth-order valence-corrected chi connectivity index (χ4v) is 7.75. The van der Waals surface area contributed by atoms with Crippen molar-refractivity contribution in [3.05, 3.63) is 93.0 Å². The van der Waals surface area contributed by atoms with Gasteiger partial charge in [-0.3, -0.25) is 18.9 Å². The lowest BCUT2D eigenvalue weighted by Gasteiger charge is -2.23. The van der Waals surface area contributed by atoms with E-state index in [4.69, 9.17) is 11.6 Å². The SMILES string of the molecule is C[C@@H]1c2c(C(F)(F)F)nn(CC(=O)N[C@@H](Cc3cc(F)cc(F)c3)c3nc(C#CC(C)(C)O)ccc3-c3ccc(Cl)c4c(NS(C)(=O)=O)nn(C)c34)c2C(F)(F)[C@@H]1C. The summed E-state index contributed by atoms with van der Waals surface area (Å²) in [6.07, 6.45) is -4.63. The molecular formula is C38H35ClF7N7O4S. The monoisotopic (exact) mass is 853 g/mol. The van der Waals surface area contributed by atoms with E-state index in [0.717, 1.165) is 25.3 Å². The zero-order valence-electron chi connectivity index (χ0n) is 31.5. The van der Waals surface area contributed by atoms with Crippen LogP contribution in [0.1, 0.15) is 73.6 Å². The summed E-state index contributed by atoms with van der Waals surface area (Å²) in [4.78, 5) is 18.6. The van der Waals surface area contributed by atoms with Crippen molar-refractivity contribution < 1.29 is 49.1 Å². The molecule has 1 amide bonds. The van der Waals surface area contributed by atoms with E-state index in [2.05, 4.69) is 37.1 Å². The van der Waals surface area contributed by atoms with Gasteiger partial charge in [-0.05, 0) is 68.0 Å². The Balaban J connectivity index is 1.55. The predicted molar refractivity (Wildman–Crippen MR) is 200 cm³/mol. The van der Waals surface area contributed by atoms with E-state index in [1.165, 1.54) is 56.8 Å². The van der Waals surface area contributed by atoms with Gasteiger partial charge >= 0.3 is 6.18 Å². The molecular weight excluding hydrogens is 819 g/mol. The number of hydrogen-bond acceptors (Lipinski definition) is 7. The third-order valence-corrected chi connectivity index (χ3v) is 10.5. The Hall–Kier alpha value is -5.19. The molecule has 0 unspecified atom stereocenters. The first kappa shape index (κ1) is 42.4. The van der Waals surface area contributed by atoms with E-state index in [1.807, 2.05) is 0 Å². The summed E-state index contributed by atoms with van der Waals surface area (Å²) in [5, 5.41) is 20.9. The minimum Gasteiger partial charge on any atom is -0.378 e. The maximum absolute atomic E-state index is 15.6. The second-order valence-electron chi connectivity index (χ2n) is 14.7. The van der Waals surface area contributed by atoms with Crippen molar-refractivity contribution >= 4 is 44.3 Å². The second-order valence-corrected chi connectivity index (χ2v) is 16.8. The standard InChI is InChI=1S/C38H35ClF7N7O4S/c1-18-19(2)37(42,43)34-29(18)33(38(44,45)46)49-53(34)17-28(54)48-27(15-20-13-21(40)16-22(41)14-20)31-24(8-7-23(47-31)11-12-36(3,4)55)25-9-10-26(39)30-32(25)52(5)50-35(30)51-58(6,56)57/h7-10,13-14,16,18-19,27,55H,15,17H2,1-6H3,(H,48,54)(H,50,51)/t18-,19+,27-/m0/s1. The van der Waals surface area contributed by atoms with Crippen LogP contribution in [0.3, 0.4) is 0 Å². The number of pyridine rings is 1. The maximum atomic E-state index is 15.6. The van der Waals surface area contributed by atoms with Crippen LogP contribution in [-0.2, 0) is 46.9 Å². The average molecular weight is 854 g/mol. The zero-order valence-corrected chi connectivity index (χ0v) is 33.1. The molecule has 0 radical (unpaired) electrons. The van der Waals surface area contributed by atoms with E-state index < -0.39 is 93.1 Å². The van der Waals surface area contributed by atoms with Crippen LogP contribution in [-0.4, -0.2) is 55.8 Å². The Labute approximate surface area is 332 Å². The number of nitrogens with zero attached hydrogens (tertiary/aromatic N) is 5. The number of nitrogens with one attached hydrogen (secondary N) is 2. The number of aliphatic hydroxyl groups is 1. The molecule has 0 fully saturated rings. The van der Waals surface area contributed by atoms with Gasteiger partial charge < -0.3 is 10.4 Å². The van der Waals surface area contributed by atoms with Crippen molar-refractivity contribution in [3.8, 4) is 23.0 Å². The van der Waals surface area contributed by atoms with Crippen LogP contribution in [0.25, 0.3) is 22.0 Å². The van der Waals surface area contributed by atoms with Crippen LogP contribution >= 0.6 is 11.6 Å². The summed E-state index contributed by atoms with van der Waals surface area (Å²) < 4.78 is 131. The molecule has 3 aromatic heterocycles. The lowest BCUT2D eigenvalue weighted by molar-refractivity contribution is -0.143. The Morgan fingerprint density at radius 3 is 2.29 bits per heavy atom. The molecule has 0 spiro atoms. The van der Waals surface area contributed by atoms with E-state index in [1.54, 1.807) is 0 Å². The van der Waals surface area contributed by atoms with E-state index in [-0.39, 0.29) is 44.3 Å². The first-order valence-electron chi connectivity index (χ1n) is 17.5. The highest BCUT2D eigenvalue weighted by Gasteiger charge is 2.57. The highest BCUT2D eigenvalue weighted by atomic mass is 35.5. The summed E-state index contributed by atoms with van der Waals surface area (Å²) >= 11 is 6.56. The van der Waals surface area contributed by atoms with E-state index in [0.29, 0.717) is 16.3 Å². The number of rotatable bonds is 9. The number of carbonyl (C=O) groups is 1. The fourth-order valence-electron chi connectivity index (χ4n) is 7.02. The number of aryl methyl sites for hydroxylation is 1. The Bertz CT molecular complexity index is 2620. The fraction of sp³-hybridized carbons (Fsp3) is 0.368. The minimum absolute atomic E-state index is 0.0153. The number of benzene rings is 2. The molecule has 3 heterocycles. The smallest absolute Gasteiger partial charge is 0.378 e. The van der Waals surface area contributed by atoms with Crippen molar-refractivity contribution in [2.75, 3.05) is 11.0 Å². The summed E-state index contributed by atoms with van der Waals surface area (Å²) in [6.45, 7) is 4.01. The first-order valence-corrected chi connectivity index (χ1v) is 19.7. The number of halogens is 8. The van der Waals surface area contributed by atoms with Gasteiger partial charge in [-0.1, -0.05) is 37.4 Å². The molecule has 0 aliphatic heterocycles. The molecule has 0 saturated carbocycles. The van der Waals surface area contributed by atoms with Crippen LogP contribution in [0.5, 0.6) is 0 Å². The van der Waals surface area contributed by atoms with Crippen molar-refractivity contribution in [2.24, 2.45) is 13.0 Å². The van der Waals surface area contributed by atoms with Crippen LogP contribution in [0.2, 0.25) is 5.02 Å². The molecule has 6 rings (SSSR count). The number of aromatic nitrogens is 5. The van der Waals surface area contributed by atoms with Gasteiger partial charge in [0.15, 0.2) is 11.5 Å². The molecule has 58 heavy (non-hydrogen) atoms. The molecule has 5 aromatic rings. The van der Waals surface area contributed by atoms with Crippen LogP contribution in [0.4, 0.5) is 36.6 Å². The predicted octanol–water partition coefficient (Wildman–Crippen LogP) is 7.22. The third kappa shape index (κ3) is 8.50. The topological polar surface area (TPSA) is 144 Å². The van der Waals surface area contributed by atoms with Gasteiger partial charge in [0.25, 0.3) is 5.92 Å². The molecule has 2 aromatic carbocycles. The molecule has 308 valence electrons. The quantitative estimate of drug-likeness (QED) is 0.105. The molecule has 1 aliphatic rings. The first-order chi connectivity index (χ1) is 26.7. The molecule has 20 heteroatoms. The van der Waals surface area contributed by atoms with Gasteiger partial charge in [-0.15, -0.1) is 0 Å². The molecule has 3 N–H and O–H groups in total. The second kappa shape index (κ2) is 14.9. The number of fused-ring (bicyclic) bond motifs is 2. The summed E-state index contributed by atoms with van der Waals surface area (Å²) in [5.41, 5.74) is -4.09. The highest BCUT2D eigenvalue weighted by molar-refractivity contribution is 7.92. The summed E-state index contributed by atoms with van der Waals surface area (Å²) in [6, 6.07) is 7.10. The van der Waals surface area contributed by atoms with E-state index in [9.17, 15) is 40.3 Å². The molecule has 11 nitrogen and oxygen atoms in total. The van der Waals surface area contributed by atoms with E-state index >= 15 is 8.78 Å². The lowest BCUT2D eigenvalue weighted by atomic mass is 9.93. The van der Waals surface area contributed by atoms with Gasteiger partial charge in [0.2, 0.25) is 15.9 Å².